The van der Waals surface area contributed by atoms with Gasteiger partial charge in [0, 0.05) is 24.0 Å². The van der Waals surface area contributed by atoms with Crippen LogP contribution in [0.2, 0.25) is 0 Å². The van der Waals surface area contributed by atoms with Gasteiger partial charge in [-0.05, 0) is 67.3 Å². The van der Waals surface area contributed by atoms with Gasteiger partial charge in [0.25, 0.3) is 5.91 Å². The lowest BCUT2D eigenvalue weighted by Gasteiger charge is -2.38. The first-order valence-corrected chi connectivity index (χ1v) is 16.3. The van der Waals surface area contributed by atoms with Crippen LogP contribution in [0.25, 0.3) is 0 Å². The number of benzene rings is 2. The molecule has 1 aliphatic carbocycles. The molecule has 1 spiro atoms. The van der Waals surface area contributed by atoms with Crippen molar-refractivity contribution < 1.29 is 29.1 Å². The minimum absolute atomic E-state index is 0.00476. The van der Waals surface area contributed by atoms with Crippen LogP contribution < -0.4 is 16.0 Å². The highest BCUT2D eigenvalue weighted by atomic mass is 16.4. The predicted molar refractivity (Wildman–Crippen MR) is 176 cm³/mol. The number of carbonyl (C=O) groups is 5. The Morgan fingerprint density at radius 3 is 1.98 bits per heavy atom. The fourth-order valence-electron chi connectivity index (χ4n) is 6.59. The van der Waals surface area contributed by atoms with Gasteiger partial charge in [0.2, 0.25) is 5.91 Å². The van der Waals surface area contributed by atoms with E-state index in [4.69, 9.17) is 0 Å². The first-order chi connectivity index (χ1) is 21.9. The minimum Gasteiger partial charge on any atom is -0.481 e. The Balaban J connectivity index is 1.55. The lowest BCUT2D eigenvalue weighted by molar-refractivity contribution is -0.142. The predicted octanol–water partition coefficient (Wildman–Crippen LogP) is 6.22. The van der Waals surface area contributed by atoms with Crippen molar-refractivity contribution in [3.8, 4) is 0 Å². The molecule has 2 aromatic carbocycles. The third-order valence-electron chi connectivity index (χ3n) is 8.67. The molecule has 0 radical (unpaired) electrons. The second kappa shape index (κ2) is 15.2. The summed E-state index contributed by atoms with van der Waals surface area (Å²) in [7, 11) is 0. The van der Waals surface area contributed by atoms with E-state index in [1.54, 1.807) is 29.2 Å². The van der Waals surface area contributed by atoms with Crippen molar-refractivity contribution in [3.05, 3.63) is 60.2 Å². The maximum atomic E-state index is 14.3. The number of nitrogens with one attached hydrogen (secondary N) is 3. The summed E-state index contributed by atoms with van der Waals surface area (Å²) < 4.78 is 0. The highest BCUT2D eigenvalue weighted by Gasteiger charge is 2.59. The van der Waals surface area contributed by atoms with E-state index in [9.17, 15) is 29.1 Å². The summed E-state index contributed by atoms with van der Waals surface area (Å²) in [5.41, 5.74) is 0.972. The monoisotopic (exact) mass is 633 g/mol. The average molecular weight is 634 g/mol. The average Bonchev–Trinajstić information content (AvgIpc) is 3.17. The van der Waals surface area contributed by atoms with Gasteiger partial charge in [-0.25, -0.2) is 14.5 Å². The number of imide groups is 1. The summed E-state index contributed by atoms with van der Waals surface area (Å²) in [4.78, 5) is 69.1. The van der Waals surface area contributed by atoms with Gasteiger partial charge in [0.15, 0.2) is 0 Å². The standard InChI is InChI=1S/C35H47N5O6/c1-23(2)19-28(21-30(41)42)36-31(43)29(20-24(3)4)40-32(44)35(17-9-6-10-18-35)39(34(40)46)22-25-13-15-27(16-14-25)38-33(45)37-26-11-7-5-8-12-26/h5,7-8,11-16,23-24,28-29H,6,9-10,17-22H2,1-4H3,(H,36,43)(H,41,42)(H2,37,38,45). The van der Waals surface area contributed by atoms with E-state index in [1.807, 2.05) is 58.0 Å². The lowest BCUT2D eigenvalue weighted by atomic mass is 9.80. The van der Waals surface area contributed by atoms with E-state index >= 15 is 0 Å². The molecule has 2 unspecified atom stereocenters. The maximum Gasteiger partial charge on any atom is 0.328 e. The number of amides is 6. The van der Waals surface area contributed by atoms with E-state index in [-0.39, 0.29) is 43.2 Å². The molecular weight excluding hydrogens is 586 g/mol. The van der Waals surface area contributed by atoms with Gasteiger partial charge in [-0.1, -0.05) is 77.3 Å². The Labute approximate surface area is 271 Å². The maximum absolute atomic E-state index is 14.3. The number of nitrogens with zero attached hydrogens (tertiary/aromatic N) is 2. The summed E-state index contributed by atoms with van der Waals surface area (Å²) in [6.07, 6.45) is 4.05. The number of anilines is 2. The summed E-state index contributed by atoms with van der Waals surface area (Å²) in [6.45, 7) is 7.93. The van der Waals surface area contributed by atoms with E-state index in [1.165, 1.54) is 0 Å². The second-order valence-electron chi connectivity index (χ2n) is 13.4. The summed E-state index contributed by atoms with van der Waals surface area (Å²) in [5.74, 6) is -1.74. The fourth-order valence-corrected chi connectivity index (χ4v) is 6.59. The number of carboxylic acid groups (broad SMARTS) is 1. The van der Waals surface area contributed by atoms with E-state index in [0.29, 0.717) is 30.6 Å². The van der Waals surface area contributed by atoms with Gasteiger partial charge in [-0.15, -0.1) is 0 Å². The smallest absolute Gasteiger partial charge is 0.328 e. The molecule has 2 fully saturated rings. The number of urea groups is 2. The van der Waals surface area contributed by atoms with Crippen LogP contribution in [0.4, 0.5) is 21.0 Å². The van der Waals surface area contributed by atoms with Crippen molar-refractivity contribution in [2.45, 2.75) is 103 Å². The molecular formula is C35H47N5O6. The Morgan fingerprint density at radius 1 is 0.826 bits per heavy atom. The molecule has 1 saturated carbocycles. The van der Waals surface area contributed by atoms with Crippen molar-refractivity contribution in [1.29, 1.82) is 0 Å². The van der Waals surface area contributed by atoms with Crippen molar-refractivity contribution in [2.75, 3.05) is 10.6 Å². The molecule has 1 heterocycles. The van der Waals surface area contributed by atoms with Crippen LogP contribution in [0.3, 0.4) is 0 Å². The second-order valence-corrected chi connectivity index (χ2v) is 13.4. The molecule has 0 bridgehead atoms. The van der Waals surface area contributed by atoms with Gasteiger partial charge in [-0.2, -0.15) is 0 Å². The summed E-state index contributed by atoms with van der Waals surface area (Å²) in [5, 5.41) is 17.9. The molecule has 11 nitrogen and oxygen atoms in total. The van der Waals surface area contributed by atoms with Crippen LogP contribution in [-0.4, -0.2) is 62.4 Å². The van der Waals surface area contributed by atoms with Crippen LogP contribution in [0.15, 0.2) is 54.6 Å². The number of aliphatic carboxylic acids is 1. The summed E-state index contributed by atoms with van der Waals surface area (Å²) >= 11 is 0. The van der Waals surface area contributed by atoms with Gasteiger partial charge >= 0.3 is 18.0 Å². The highest BCUT2D eigenvalue weighted by Crippen LogP contribution is 2.42. The number of hydrogen-bond donors (Lipinski definition) is 4. The number of carbonyl (C=O) groups excluding carboxylic acids is 4. The number of hydrogen-bond acceptors (Lipinski definition) is 5. The van der Waals surface area contributed by atoms with Gasteiger partial charge < -0.3 is 26.0 Å². The Hall–Kier alpha value is -4.41. The Bertz CT molecular complexity index is 1390. The molecule has 11 heteroatoms. The molecule has 0 aromatic heterocycles. The van der Waals surface area contributed by atoms with E-state index < -0.39 is 35.5 Å². The molecule has 2 aromatic rings. The highest BCUT2D eigenvalue weighted by molar-refractivity contribution is 6.10. The molecule has 1 saturated heterocycles. The Kier molecular flexibility index (Phi) is 11.4. The van der Waals surface area contributed by atoms with E-state index in [2.05, 4.69) is 16.0 Å². The fraction of sp³-hybridized carbons (Fsp3) is 0.514. The molecule has 2 aliphatic rings. The molecule has 46 heavy (non-hydrogen) atoms. The molecule has 4 rings (SSSR count). The quantitative estimate of drug-likeness (QED) is 0.193. The zero-order chi connectivity index (χ0) is 33.4. The first-order valence-electron chi connectivity index (χ1n) is 16.3. The molecule has 4 N–H and O–H groups in total. The van der Waals surface area contributed by atoms with Crippen LogP contribution in [0.1, 0.15) is 84.6 Å². The molecule has 1 aliphatic heterocycles. The zero-order valence-electron chi connectivity index (χ0n) is 27.3. The minimum atomic E-state index is -1.05. The largest absolute Gasteiger partial charge is 0.481 e. The summed E-state index contributed by atoms with van der Waals surface area (Å²) in [6, 6.07) is 13.7. The molecule has 248 valence electrons. The number of rotatable bonds is 13. The van der Waals surface area contributed by atoms with Crippen LogP contribution in [0.5, 0.6) is 0 Å². The third kappa shape index (κ3) is 8.44. The van der Waals surface area contributed by atoms with Gasteiger partial charge in [-0.3, -0.25) is 14.4 Å². The normalized spacial score (nSPS) is 17.3. The first kappa shape index (κ1) is 34.5. The van der Waals surface area contributed by atoms with Crippen molar-refractivity contribution in [1.82, 2.24) is 15.1 Å². The zero-order valence-corrected chi connectivity index (χ0v) is 27.3. The van der Waals surface area contributed by atoms with Crippen LogP contribution >= 0.6 is 0 Å². The molecule has 2 atom stereocenters. The Morgan fingerprint density at radius 2 is 1.41 bits per heavy atom. The van der Waals surface area contributed by atoms with E-state index in [0.717, 1.165) is 29.7 Å². The van der Waals surface area contributed by atoms with Crippen LogP contribution in [0, 0.1) is 11.8 Å². The topological polar surface area (TPSA) is 148 Å². The van der Waals surface area contributed by atoms with Crippen LogP contribution in [-0.2, 0) is 20.9 Å². The van der Waals surface area contributed by atoms with Gasteiger partial charge in [0.1, 0.15) is 11.6 Å². The lowest BCUT2D eigenvalue weighted by Crippen LogP contribution is -2.54. The number of carboxylic acids is 1. The third-order valence-corrected chi connectivity index (χ3v) is 8.67. The van der Waals surface area contributed by atoms with Crippen molar-refractivity contribution in [2.24, 2.45) is 11.8 Å². The van der Waals surface area contributed by atoms with Gasteiger partial charge in [0.05, 0.1) is 6.42 Å². The molecule has 6 amide bonds. The SMILES string of the molecule is CC(C)CC(CC(=O)O)NC(=O)C(CC(C)C)N1C(=O)N(Cc2ccc(NC(=O)Nc3ccccc3)cc2)C2(CCCCC2)C1=O. The van der Waals surface area contributed by atoms with Crippen molar-refractivity contribution in [3.63, 3.8) is 0 Å². The van der Waals surface area contributed by atoms with Crippen molar-refractivity contribution >= 4 is 41.2 Å². The number of para-hydroxylation sites is 1.